The summed E-state index contributed by atoms with van der Waals surface area (Å²) in [7, 11) is 0. The molecule has 0 bridgehead atoms. The monoisotopic (exact) mass is 298 g/mol. The van der Waals surface area contributed by atoms with Crippen LogP contribution in [0.15, 0.2) is 54.9 Å². The zero-order valence-corrected chi connectivity index (χ0v) is 13.0. The first-order valence-corrected chi connectivity index (χ1v) is 7.29. The van der Waals surface area contributed by atoms with E-state index in [2.05, 4.69) is 34.4 Å². The summed E-state index contributed by atoms with van der Waals surface area (Å²) in [6.45, 7) is 8.75. The van der Waals surface area contributed by atoms with Crippen molar-refractivity contribution in [1.29, 1.82) is 0 Å². The maximum atomic E-state index is 11.7. The average Bonchev–Trinajstić information content (AvgIpc) is 2.95. The summed E-state index contributed by atoms with van der Waals surface area (Å²) in [6, 6.07) is 9.84. The van der Waals surface area contributed by atoms with Gasteiger partial charge in [-0.2, -0.15) is 5.10 Å². The minimum atomic E-state index is -0.202. The van der Waals surface area contributed by atoms with Crippen LogP contribution in [-0.2, 0) is 6.54 Å². The van der Waals surface area contributed by atoms with Crippen LogP contribution < -0.4 is 10.6 Å². The molecule has 1 heterocycles. The summed E-state index contributed by atoms with van der Waals surface area (Å²) < 4.78 is 1.87. The molecule has 2 N–H and O–H groups in total. The van der Waals surface area contributed by atoms with E-state index in [1.807, 2.05) is 42.9 Å². The van der Waals surface area contributed by atoms with Crippen molar-refractivity contribution >= 4 is 6.03 Å². The van der Waals surface area contributed by atoms with Crippen LogP contribution >= 0.6 is 0 Å². The molecule has 22 heavy (non-hydrogen) atoms. The molecule has 5 nitrogen and oxygen atoms in total. The summed E-state index contributed by atoms with van der Waals surface area (Å²) in [5, 5.41) is 9.98. The lowest BCUT2D eigenvalue weighted by Crippen LogP contribution is -2.37. The quantitative estimate of drug-likeness (QED) is 0.806. The second-order valence-corrected chi connectivity index (χ2v) is 5.46. The van der Waals surface area contributed by atoms with Gasteiger partial charge >= 0.3 is 6.03 Å². The number of rotatable bonds is 6. The number of hydrogen-bond acceptors (Lipinski definition) is 2. The lowest BCUT2D eigenvalue weighted by Gasteiger charge is -2.13. The van der Waals surface area contributed by atoms with Crippen molar-refractivity contribution in [3.8, 4) is 0 Å². The van der Waals surface area contributed by atoms with Crippen LogP contribution in [0.3, 0.4) is 0 Å². The van der Waals surface area contributed by atoms with Crippen LogP contribution in [-0.4, -0.2) is 22.4 Å². The van der Waals surface area contributed by atoms with Crippen LogP contribution in [0.25, 0.3) is 0 Å². The number of nitrogens with zero attached hydrogens (tertiary/aromatic N) is 2. The highest BCUT2D eigenvalue weighted by molar-refractivity contribution is 5.74. The molecule has 0 spiro atoms. The zero-order valence-electron chi connectivity index (χ0n) is 13.0. The lowest BCUT2D eigenvalue weighted by molar-refractivity contribution is 0.238. The van der Waals surface area contributed by atoms with Crippen LogP contribution in [0.4, 0.5) is 4.79 Å². The predicted octanol–water partition coefficient (Wildman–Crippen LogP) is 2.87. The van der Waals surface area contributed by atoms with E-state index in [9.17, 15) is 4.79 Å². The van der Waals surface area contributed by atoms with Gasteiger partial charge in [-0.05, 0) is 19.4 Å². The van der Waals surface area contributed by atoms with Gasteiger partial charge in [0.2, 0.25) is 0 Å². The van der Waals surface area contributed by atoms with Crippen LogP contribution in [0.2, 0.25) is 0 Å². The Morgan fingerprint density at radius 3 is 2.77 bits per heavy atom. The molecule has 0 saturated heterocycles. The van der Waals surface area contributed by atoms with Crippen LogP contribution in [0.5, 0.6) is 0 Å². The van der Waals surface area contributed by atoms with Crippen LogP contribution in [0.1, 0.15) is 31.0 Å². The summed E-state index contributed by atoms with van der Waals surface area (Å²) in [5.41, 5.74) is 3.08. The lowest BCUT2D eigenvalue weighted by atomic mass is 10.2. The van der Waals surface area contributed by atoms with Gasteiger partial charge in [0.25, 0.3) is 0 Å². The van der Waals surface area contributed by atoms with Crippen molar-refractivity contribution in [3.05, 3.63) is 66.0 Å². The molecule has 1 aromatic heterocycles. The highest BCUT2D eigenvalue weighted by atomic mass is 16.2. The molecule has 116 valence electrons. The predicted molar refractivity (Wildman–Crippen MR) is 87.5 cm³/mol. The molecule has 0 fully saturated rings. The van der Waals surface area contributed by atoms with Crippen LogP contribution in [0, 0.1) is 0 Å². The fourth-order valence-corrected chi connectivity index (χ4v) is 2.02. The molecule has 1 atom stereocenters. The highest BCUT2D eigenvalue weighted by Crippen LogP contribution is 2.12. The Morgan fingerprint density at radius 1 is 1.36 bits per heavy atom. The van der Waals surface area contributed by atoms with E-state index < -0.39 is 0 Å². The molecule has 1 aromatic carbocycles. The molecule has 5 heteroatoms. The SMILES string of the molecule is C=C(C)CNC(=O)NC(C)c1cnn(Cc2ccccc2)c1. The topological polar surface area (TPSA) is 59.0 Å². The van der Waals surface area contributed by atoms with E-state index in [0.29, 0.717) is 6.54 Å². The van der Waals surface area contributed by atoms with E-state index in [4.69, 9.17) is 0 Å². The van der Waals surface area contributed by atoms with Gasteiger partial charge in [-0.3, -0.25) is 4.68 Å². The van der Waals surface area contributed by atoms with Crippen molar-refractivity contribution in [3.63, 3.8) is 0 Å². The van der Waals surface area contributed by atoms with E-state index in [0.717, 1.165) is 17.7 Å². The summed E-state index contributed by atoms with van der Waals surface area (Å²) >= 11 is 0. The molecule has 0 aliphatic carbocycles. The number of urea groups is 1. The summed E-state index contributed by atoms with van der Waals surface area (Å²) in [6.07, 6.45) is 3.74. The van der Waals surface area contributed by atoms with Gasteiger partial charge in [0, 0.05) is 18.3 Å². The number of hydrogen-bond donors (Lipinski definition) is 2. The molecular weight excluding hydrogens is 276 g/mol. The van der Waals surface area contributed by atoms with Gasteiger partial charge in [-0.15, -0.1) is 0 Å². The standard InChI is InChI=1S/C17H22N4O/c1-13(2)9-18-17(22)20-14(3)16-10-19-21(12-16)11-15-7-5-4-6-8-15/h4-8,10,12,14H,1,9,11H2,2-3H3,(H2,18,20,22). The number of nitrogens with one attached hydrogen (secondary N) is 2. The molecule has 2 amide bonds. The Hall–Kier alpha value is -2.56. The third kappa shape index (κ3) is 4.77. The van der Waals surface area contributed by atoms with Gasteiger partial charge in [0.05, 0.1) is 18.8 Å². The molecule has 0 saturated carbocycles. The highest BCUT2D eigenvalue weighted by Gasteiger charge is 2.11. The zero-order chi connectivity index (χ0) is 15.9. The van der Waals surface area contributed by atoms with Crippen molar-refractivity contribution in [1.82, 2.24) is 20.4 Å². The normalized spacial score (nSPS) is 11.7. The van der Waals surface area contributed by atoms with Gasteiger partial charge in [-0.25, -0.2) is 4.79 Å². The van der Waals surface area contributed by atoms with E-state index in [1.165, 1.54) is 5.56 Å². The molecule has 2 aromatic rings. The Bertz CT molecular complexity index is 633. The van der Waals surface area contributed by atoms with Crippen molar-refractivity contribution in [2.24, 2.45) is 0 Å². The Morgan fingerprint density at radius 2 is 2.09 bits per heavy atom. The Labute approximate surface area is 131 Å². The fraction of sp³-hybridized carbons (Fsp3) is 0.294. The van der Waals surface area contributed by atoms with Gasteiger partial charge in [0.1, 0.15) is 0 Å². The smallest absolute Gasteiger partial charge is 0.315 e. The minimum absolute atomic E-state index is 0.102. The first-order valence-electron chi connectivity index (χ1n) is 7.29. The minimum Gasteiger partial charge on any atom is -0.334 e. The Balaban J connectivity index is 1.90. The average molecular weight is 298 g/mol. The Kier molecular flexibility index (Phi) is 5.36. The molecule has 0 aliphatic rings. The maximum Gasteiger partial charge on any atom is 0.315 e. The molecule has 0 radical (unpaired) electrons. The van der Waals surface area contributed by atoms with Gasteiger partial charge in [0.15, 0.2) is 0 Å². The van der Waals surface area contributed by atoms with Crippen molar-refractivity contribution in [2.45, 2.75) is 26.4 Å². The molecule has 2 rings (SSSR count). The summed E-state index contributed by atoms with van der Waals surface area (Å²) in [4.78, 5) is 11.7. The number of carbonyl (C=O) groups excluding carboxylic acids is 1. The third-order valence-corrected chi connectivity index (χ3v) is 3.24. The third-order valence-electron chi connectivity index (χ3n) is 3.24. The van der Waals surface area contributed by atoms with E-state index in [1.54, 1.807) is 6.20 Å². The number of aromatic nitrogens is 2. The molecule has 0 aliphatic heterocycles. The number of carbonyl (C=O) groups is 1. The van der Waals surface area contributed by atoms with Crippen molar-refractivity contribution in [2.75, 3.05) is 6.54 Å². The first-order chi connectivity index (χ1) is 10.5. The molecule has 1 unspecified atom stereocenters. The van der Waals surface area contributed by atoms with E-state index >= 15 is 0 Å². The fourth-order valence-electron chi connectivity index (χ4n) is 2.02. The second kappa shape index (κ2) is 7.45. The number of amides is 2. The van der Waals surface area contributed by atoms with Gasteiger partial charge in [-0.1, -0.05) is 42.5 Å². The van der Waals surface area contributed by atoms with Gasteiger partial charge < -0.3 is 10.6 Å². The summed E-state index contributed by atoms with van der Waals surface area (Å²) in [5.74, 6) is 0. The second-order valence-electron chi connectivity index (χ2n) is 5.46. The van der Waals surface area contributed by atoms with Crippen molar-refractivity contribution < 1.29 is 4.79 Å². The van der Waals surface area contributed by atoms with E-state index in [-0.39, 0.29) is 12.1 Å². The maximum absolute atomic E-state index is 11.7. The molecular formula is C17H22N4O. The number of benzene rings is 1. The first kappa shape index (κ1) is 15.8. The largest absolute Gasteiger partial charge is 0.334 e.